The number of esters is 1. The van der Waals surface area contributed by atoms with Crippen molar-refractivity contribution in [1.29, 1.82) is 0 Å². The average Bonchev–Trinajstić information content (AvgIpc) is 2.57. The first-order valence-electron chi connectivity index (χ1n) is 4.48. The fraction of sp³-hybridized carbons (Fsp3) is 0.429. The van der Waals surface area contributed by atoms with Crippen LogP contribution in [-0.4, -0.2) is 36.7 Å². The number of aryl methyl sites for hydroxylation is 1. The molecule has 9 nitrogen and oxygen atoms in total. The molecule has 0 unspecified atom stereocenters. The minimum absolute atomic E-state index is 0.0381. The molecule has 18 heavy (non-hydrogen) atoms. The Morgan fingerprint density at radius 1 is 1.56 bits per heavy atom. The van der Waals surface area contributed by atoms with E-state index in [1.807, 2.05) is 0 Å². The van der Waals surface area contributed by atoms with Crippen LogP contribution in [0.2, 0.25) is 0 Å². The lowest BCUT2D eigenvalue weighted by Gasteiger charge is -1.95. The van der Waals surface area contributed by atoms with Gasteiger partial charge in [-0.2, -0.15) is 4.99 Å². The summed E-state index contributed by atoms with van der Waals surface area (Å²) in [6.45, 7) is 0.636. The van der Waals surface area contributed by atoms with Gasteiger partial charge in [-0.1, -0.05) is 11.3 Å². The van der Waals surface area contributed by atoms with Gasteiger partial charge in [0.2, 0.25) is 9.14 Å². The smallest absolute Gasteiger partial charge is 0.303 e. The molecule has 0 radical (unpaired) electrons. The first-order chi connectivity index (χ1) is 8.20. The van der Waals surface area contributed by atoms with Gasteiger partial charge in [0.05, 0.1) is 0 Å². The molecule has 0 atom stereocenters. The Morgan fingerprint density at radius 3 is 2.61 bits per heavy atom. The minimum Gasteiger partial charge on any atom is -0.456 e. The maximum atomic E-state index is 11.3. The van der Waals surface area contributed by atoms with Crippen LogP contribution in [0.1, 0.15) is 6.92 Å². The third kappa shape index (κ3) is 4.01. The van der Waals surface area contributed by atoms with Crippen molar-refractivity contribution in [2.75, 3.05) is 6.61 Å². The number of carbonyl (C=O) groups is 2. The van der Waals surface area contributed by atoms with Crippen LogP contribution < -0.4 is 9.94 Å². The molecule has 100 valence electrons. The second kappa shape index (κ2) is 5.37. The van der Waals surface area contributed by atoms with Gasteiger partial charge in [0.25, 0.3) is 15.9 Å². The van der Waals surface area contributed by atoms with Crippen molar-refractivity contribution in [3.8, 4) is 0 Å². The van der Waals surface area contributed by atoms with Crippen LogP contribution in [0, 0.1) is 0 Å². The fourth-order valence-electron chi connectivity index (χ4n) is 0.842. The summed E-state index contributed by atoms with van der Waals surface area (Å²) in [6.07, 6.45) is 0. The number of nitrogens with zero attached hydrogens (tertiary/aromatic N) is 3. The lowest BCUT2D eigenvalue weighted by molar-refractivity contribution is -0.145. The number of hydrogen-bond acceptors (Lipinski definition) is 7. The van der Waals surface area contributed by atoms with Crippen molar-refractivity contribution >= 4 is 33.2 Å². The molecular weight excluding hydrogens is 284 g/mol. The highest BCUT2D eigenvalue weighted by Crippen LogP contribution is 2.04. The Balaban J connectivity index is 3.00. The monoisotopic (exact) mass is 294 g/mol. The van der Waals surface area contributed by atoms with Crippen molar-refractivity contribution in [1.82, 2.24) is 9.78 Å². The van der Waals surface area contributed by atoms with Gasteiger partial charge in [-0.25, -0.2) is 18.2 Å². The highest BCUT2D eigenvalue weighted by molar-refractivity contribution is 7.91. The van der Waals surface area contributed by atoms with Crippen molar-refractivity contribution < 1.29 is 22.7 Å². The van der Waals surface area contributed by atoms with E-state index < -0.39 is 28.5 Å². The summed E-state index contributed by atoms with van der Waals surface area (Å²) in [5.41, 5.74) is 0. The quantitative estimate of drug-likeness (QED) is 0.648. The molecule has 0 saturated carbocycles. The molecule has 0 saturated heterocycles. The van der Waals surface area contributed by atoms with Crippen LogP contribution in [0.25, 0.3) is 0 Å². The zero-order valence-electron chi connectivity index (χ0n) is 9.48. The third-order valence-electron chi connectivity index (χ3n) is 1.55. The second-order valence-corrected chi connectivity index (χ2v) is 5.80. The predicted octanol–water partition coefficient (Wildman–Crippen LogP) is -1.88. The highest BCUT2D eigenvalue weighted by atomic mass is 32.2. The van der Waals surface area contributed by atoms with E-state index in [0.717, 1.165) is 11.6 Å². The molecule has 0 spiro atoms. The molecule has 0 fully saturated rings. The number of carbonyl (C=O) groups excluding carboxylic acids is 2. The van der Waals surface area contributed by atoms with E-state index in [2.05, 4.69) is 14.8 Å². The van der Waals surface area contributed by atoms with Gasteiger partial charge in [-0.15, -0.1) is 5.10 Å². The Hall–Kier alpha value is -1.59. The Bertz CT molecular complexity index is 641. The first-order valence-corrected chi connectivity index (χ1v) is 6.84. The lowest BCUT2D eigenvalue weighted by Crippen LogP contribution is -2.17. The maximum absolute atomic E-state index is 11.3. The number of nitrogens with two attached hydrogens (primary N) is 1. The largest absolute Gasteiger partial charge is 0.456 e. The van der Waals surface area contributed by atoms with Crippen molar-refractivity contribution in [2.45, 2.75) is 11.3 Å². The number of aromatic nitrogens is 2. The fourth-order valence-corrected chi connectivity index (χ4v) is 2.41. The lowest BCUT2D eigenvalue weighted by atomic mass is 10.6. The van der Waals surface area contributed by atoms with E-state index in [-0.39, 0.29) is 9.14 Å². The van der Waals surface area contributed by atoms with Crippen LogP contribution in [0.4, 0.5) is 0 Å². The summed E-state index contributed by atoms with van der Waals surface area (Å²) in [5, 5.41) is 8.48. The highest BCUT2D eigenvalue weighted by Gasteiger charge is 2.14. The molecule has 0 bridgehead atoms. The minimum atomic E-state index is -3.94. The SMILES string of the molecule is CC(=O)OCC(=O)/N=c1\sc(S(N)(=O)=O)nn1C. The number of hydrogen-bond donors (Lipinski definition) is 1. The van der Waals surface area contributed by atoms with Crippen molar-refractivity contribution in [2.24, 2.45) is 17.2 Å². The standard InChI is InChI=1S/C7H10N4O5S2/c1-4(12)16-3-5(13)9-6-11(2)10-7(17-6)18(8,14)15/h3H2,1-2H3,(H2,8,14,15)/b9-6-. The van der Waals surface area contributed by atoms with E-state index in [1.54, 1.807) is 0 Å². The zero-order valence-corrected chi connectivity index (χ0v) is 11.1. The molecular formula is C7H10N4O5S2. The van der Waals surface area contributed by atoms with Gasteiger partial charge in [0.1, 0.15) is 0 Å². The van der Waals surface area contributed by atoms with Gasteiger partial charge in [0, 0.05) is 14.0 Å². The van der Waals surface area contributed by atoms with E-state index in [0.29, 0.717) is 11.3 Å². The summed E-state index contributed by atoms with van der Waals surface area (Å²) in [6, 6.07) is 0. The summed E-state index contributed by atoms with van der Waals surface area (Å²) < 4.78 is 27.2. The molecule has 1 rings (SSSR count). The van der Waals surface area contributed by atoms with Crippen LogP contribution in [0.3, 0.4) is 0 Å². The van der Waals surface area contributed by atoms with Gasteiger partial charge < -0.3 is 4.74 Å². The molecule has 2 N–H and O–H groups in total. The number of sulfonamides is 1. The summed E-state index contributed by atoms with van der Waals surface area (Å²) >= 11 is 0.640. The van der Waals surface area contributed by atoms with Gasteiger partial charge in [0.15, 0.2) is 6.61 Å². The molecule has 1 aromatic heterocycles. The van der Waals surface area contributed by atoms with Crippen molar-refractivity contribution in [3.05, 3.63) is 4.80 Å². The average molecular weight is 294 g/mol. The van der Waals surface area contributed by atoms with Gasteiger partial charge in [-0.3, -0.25) is 9.59 Å². The Kier molecular flexibility index (Phi) is 4.32. The molecule has 0 aliphatic rings. The van der Waals surface area contributed by atoms with Gasteiger partial charge >= 0.3 is 5.97 Å². The number of primary sulfonamides is 1. The van der Waals surface area contributed by atoms with E-state index >= 15 is 0 Å². The first kappa shape index (κ1) is 14.5. The molecule has 0 aromatic carbocycles. The van der Waals surface area contributed by atoms with Crippen molar-refractivity contribution in [3.63, 3.8) is 0 Å². The van der Waals surface area contributed by atoms with E-state index in [9.17, 15) is 18.0 Å². The molecule has 1 aromatic rings. The molecule has 0 aliphatic heterocycles. The van der Waals surface area contributed by atoms with Crippen LogP contribution in [-0.2, 0) is 31.4 Å². The maximum Gasteiger partial charge on any atom is 0.303 e. The van der Waals surface area contributed by atoms with Crippen LogP contribution in [0.15, 0.2) is 9.33 Å². The number of amides is 1. The second-order valence-electron chi connectivity index (χ2n) is 3.10. The van der Waals surface area contributed by atoms with Crippen LogP contribution in [0.5, 0.6) is 0 Å². The van der Waals surface area contributed by atoms with Crippen LogP contribution >= 0.6 is 11.3 Å². The number of ether oxygens (including phenoxy) is 1. The molecule has 11 heteroatoms. The molecule has 1 amide bonds. The third-order valence-corrected chi connectivity index (χ3v) is 3.86. The Morgan fingerprint density at radius 2 is 2.17 bits per heavy atom. The van der Waals surface area contributed by atoms with E-state index in [1.165, 1.54) is 7.05 Å². The number of rotatable bonds is 3. The van der Waals surface area contributed by atoms with Gasteiger partial charge in [-0.05, 0) is 0 Å². The molecule has 0 aliphatic carbocycles. The topological polar surface area (TPSA) is 134 Å². The summed E-state index contributed by atoms with van der Waals surface area (Å²) in [7, 11) is -2.53. The Labute approximate surface area is 106 Å². The summed E-state index contributed by atoms with van der Waals surface area (Å²) in [5.74, 6) is -1.34. The normalized spacial score (nSPS) is 12.5. The molecule has 1 heterocycles. The zero-order chi connectivity index (χ0) is 13.9. The van der Waals surface area contributed by atoms with E-state index in [4.69, 9.17) is 5.14 Å². The predicted molar refractivity (Wildman–Crippen MR) is 59.7 cm³/mol. The summed E-state index contributed by atoms with van der Waals surface area (Å²) in [4.78, 5) is 25.3.